The van der Waals surface area contributed by atoms with Crippen LogP contribution in [0.2, 0.25) is 0 Å². The van der Waals surface area contributed by atoms with Gasteiger partial charge in [0.1, 0.15) is 11.6 Å². The zero-order valence-corrected chi connectivity index (χ0v) is 13.5. The van der Waals surface area contributed by atoms with Gasteiger partial charge < -0.3 is 15.4 Å². The van der Waals surface area contributed by atoms with E-state index in [0.29, 0.717) is 6.61 Å². The minimum Gasteiger partial charge on any atom is -0.494 e. The standard InChI is InChI=1S/C18H21FN2O2/c1-4-23-17-10-9-12(2)11-14(17)13(3)20-18(22)21-16-8-6-5-7-15(16)19/h5-11,13H,4H2,1-3H3,(H2,20,21,22). The number of carbonyl (C=O) groups excluding carboxylic acids is 1. The first-order valence-electron chi connectivity index (χ1n) is 7.56. The Hall–Kier alpha value is -2.56. The summed E-state index contributed by atoms with van der Waals surface area (Å²) in [5, 5.41) is 5.31. The lowest BCUT2D eigenvalue weighted by molar-refractivity contribution is 0.249. The first kappa shape index (κ1) is 16.8. The molecule has 5 heteroatoms. The average molecular weight is 316 g/mol. The third-order valence-electron chi connectivity index (χ3n) is 3.40. The molecule has 2 aromatic carbocycles. The van der Waals surface area contributed by atoms with Gasteiger partial charge in [-0.1, -0.05) is 29.8 Å². The second-order valence-electron chi connectivity index (χ2n) is 5.27. The smallest absolute Gasteiger partial charge is 0.319 e. The number of hydrogen-bond donors (Lipinski definition) is 2. The van der Waals surface area contributed by atoms with Crippen molar-refractivity contribution in [2.75, 3.05) is 11.9 Å². The maximum Gasteiger partial charge on any atom is 0.319 e. The molecule has 2 aromatic rings. The fourth-order valence-electron chi connectivity index (χ4n) is 2.29. The van der Waals surface area contributed by atoms with E-state index in [1.807, 2.05) is 39.0 Å². The highest BCUT2D eigenvalue weighted by Crippen LogP contribution is 2.26. The van der Waals surface area contributed by atoms with E-state index in [1.165, 1.54) is 12.1 Å². The summed E-state index contributed by atoms with van der Waals surface area (Å²) in [6.07, 6.45) is 0. The molecule has 4 nitrogen and oxygen atoms in total. The fourth-order valence-corrected chi connectivity index (χ4v) is 2.29. The van der Waals surface area contributed by atoms with E-state index >= 15 is 0 Å². The van der Waals surface area contributed by atoms with Gasteiger partial charge in [0.05, 0.1) is 18.3 Å². The van der Waals surface area contributed by atoms with E-state index in [1.54, 1.807) is 12.1 Å². The molecule has 0 spiro atoms. The number of anilines is 1. The molecule has 23 heavy (non-hydrogen) atoms. The van der Waals surface area contributed by atoms with Crippen molar-refractivity contribution >= 4 is 11.7 Å². The maximum absolute atomic E-state index is 13.6. The van der Waals surface area contributed by atoms with Gasteiger partial charge >= 0.3 is 6.03 Å². The van der Waals surface area contributed by atoms with Crippen molar-refractivity contribution in [1.82, 2.24) is 5.32 Å². The average Bonchev–Trinajstić information content (AvgIpc) is 2.51. The predicted molar refractivity (Wildman–Crippen MR) is 89.3 cm³/mol. The van der Waals surface area contributed by atoms with Gasteiger partial charge in [-0.3, -0.25) is 0 Å². The highest BCUT2D eigenvalue weighted by atomic mass is 19.1. The van der Waals surface area contributed by atoms with Crippen LogP contribution >= 0.6 is 0 Å². The molecule has 0 saturated carbocycles. The molecule has 0 bridgehead atoms. The van der Waals surface area contributed by atoms with Crippen LogP contribution in [-0.4, -0.2) is 12.6 Å². The van der Waals surface area contributed by atoms with Crippen LogP contribution in [0.1, 0.15) is 31.0 Å². The van der Waals surface area contributed by atoms with E-state index in [9.17, 15) is 9.18 Å². The van der Waals surface area contributed by atoms with Gasteiger partial charge in [0.2, 0.25) is 0 Å². The Labute approximate surface area is 135 Å². The van der Waals surface area contributed by atoms with Crippen molar-refractivity contribution in [2.45, 2.75) is 26.8 Å². The number of nitrogens with one attached hydrogen (secondary N) is 2. The summed E-state index contributed by atoms with van der Waals surface area (Å²) in [6, 6.07) is 11.1. The van der Waals surface area contributed by atoms with Crippen LogP contribution in [-0.2, 0) is 0 Å². The SMILES string of the molecule is CCOc1ccc(C)cc1C(C)NC(=O)Nc1ccccc1F. The Kier molecular flexibility index (Phi) is 5.57. The van der Waals surface area contributed by atoms with Gasteiger partial charge in [0.25, 0.3) is 0 Å². The second-order valence-corrected chi connectivity index (χ2v) is 5.27. The molecule has 0 saturated heterocycles. The molecule has 1 atom stereocenters. The molecular weight excluding hydrogens is 295 g/mol. The van der Waals surface area contributed by atoms with Crippen molar-refractivity contribution in [1.29, 1.82) is 0 Å². The van der Waals surface area contributed by atoms with E-state index in [0.717, 1.165) is 16.9 Å². The highest BCUT2D eigenvalue weighted by Gasteiger charge is 2.15. The number of amides is 2. The third kappa shape index (κ3) is 4.45. The van der Waals surface area contributed by atoms with Crippen LogP contribution in [0.5, 0.6) is 5.75 Å². The minimum atomic E-state index is -0.471. The molecule has 0 aliphatic heterocycles. The van der Waals surface area contributed by atoms with Crippen molar-refractivity contribution in [3.8, 4) is 5.75 Å². The first-order valence-corrected chi connectivity index (χ1v) is 7.56. The van der Waals surface area contributed by atoms with Crippen molar-refractivity contribution in [2.24, 2.45) is 0 Å². The van der Waals surface area contributed by atoms with Gasteiger partial charge in [0, 0.05) is 5.56 Å². The van der Waals surface area contributed by atoms with Gasteiger partial charge in [-0.15, -0.1) is 0 Å². The Morgan fingerprint density at radius 1 is 1.26 bits per heavy atom. The van der Waals surface area contributed by atoms with Gasteiger partial charge in [0.15, 0.2) is 0 Å². The molecule has 0 aromatic heterocycles. The Morgan fingerprint density at radius 3 is 2.70 bits per heavy atom. The molecule has 0 aliphatic rings. The number of ether oxygens (including phenoxy) is 1. The lowest BCUT2D eigenvalue weighted by Gasteiger charge is -2.19. The summed E-state index contributed by atoms with van der Waals surface area (Å²) in [7, 11) is 0. The van der Waals surface area contributed by atoms with Crippen molar-refractivity contribution in [3.63, 3.8) is 0 Å². The number of carbonyl (C=O) groups is 1. The Balaban J connectivity index is 2.09. The highest BCUT2D eigenvalue weighted by molar-refractivity contribution is 5.89. The van der Waals surface area contributed by atoms with Gasteiger partial charge in [-0.05, 0) is 39.0 Å². The topological polar surface area (TPSA) is 50.4 Å². The molecule has 0 fully saturated rings. The number of rotatable bonds is 5. The van der Waals surface area contributed by atoms with E-state index in [2.05, 4.69) is 10.6 Å². The first-order chi connectivity index (χ1) is 11.0. The molecular formula is C18H21FN2O2. The van der Waals surface area contributed by atoms with E-state index in [4.69, 9.17) is 4.74 Å². The summed E-state index contributed by atoms with van der Waals surface area (Å²) >= 11 is 0. The maximum atomic E-state index is 13.6. The lowest BCUT2D eigenvalue weighted by atomic mass is 10.0. The summed E-state index contributed by atoms with van der Waals surface area (Å²) in [5.41, 5.74) is 2.11. The Morgan fingerprint density at radius 2 is 2.00 bits per heavy atom. The largest absolute Gasteiger partial charge is 0.494 e. The number of urea groups is 1. The van der Waals surface area contributed by atoms with Gasteiger partial charge in [-0.25, -0.2) is 9.18 Å². The zero-order valence-electron chi connectivity index (χ0n) is 13.5. The molecule has 2 N–H and O–H groups in total. The van der Waals surface area contributed by atoms with E-state index in [-0.39, 0.29) is 11.7 Å². The summed E-state index contributed by atoms with van der Waals surface area (Å²) in [5.74, 6) is 0.262. The summed E-state index contributed by atoms with van der Waals surface area (Å²) in [6.45, 7) is 6.29. The molecule has 0 heterocycles. The number of para-hydroxylation sites is 1. The van der Waals surface area contributed by atoms with Crippen molar-refractivity contribution in [3.05, 3.63) is 59.4 Å². The fraction of sp³-hybridized carbons (Fsp3) is 0.278. The number of aryl methyl sites for hydroxylation is 1. The number of hydrogen-bond acceptors (Lipinski definition) is 2. The van der Waals surface area contributed by atoms with Crippen LogP contribution in [0.25, 0.3) is 0 Å². The van der Waals surface area contributed by atoms with Crippen molar-refractivity contribution < 1.29 is 13.9 Å². The quantitative estimate of drug-likeness (QED) is 0.858. The molecule has 0 aliphatic carbocycles. The number of halogens is 1. The lowest BCUT2D eigenvalue weighted by Crippen LogP contribution is -2.31. The molecule has 2 amide bonds. The van der Waals surface area contributed by atoms with Crippen LogP contribution in [0.3, 0.4) is 0 Å². The number of benzene rings is 2. The monoisotopic (exact) mass is 316 g/mol. The third-order valence-corrected chi connectivity index (χ3v) is 3.40. The van der Waals surface area contributed by atoms with Crippen LogP contribution < -0.4 is 15.4 Å². The minimum absolute atomic E-state index is 0.145. The van der Waals surface area contributed by atoms with Crippen LogP contribution in [0.15, 0.2) is 42.5 Å². The Bertz CT molecular complexity index is 688. The van der Waals surface area contributed by atoms with Crippen LogP contribution in [0, 0.1) is 12.7 Å². The second kappa shape index (κ2) is 7.63. The molecule has 122 valence electrons. The molecule has 2 rings (SSSR count). The molecule has 1 unspecified atom stereocenters. The molecule has 0 radical (unpaired) electrons. The van der Waals surface area contributed by atoms with E-state index < -0.39 is 11.8 Å². The summed E-state index contributed by atoms with van der Waals surface area (Å²) < 4.78 is 19.2. The predicted octanol–water partition coefficient (Wildman–Crippen LogP) is 4.42. The zero-order chi connectivity index (χ0) is 16.8. The normalized spacial score (nSPS) is 11.7. The van der Waals surface area contributed by atoms with Gasteiger partial charge in [-0.2, -0.15) is 0 Å². The van der Waals surface area contributed by atoms with Crippen LogP contribution in [0.4, 0.5) is 14.9 Å². The summed E-state index contributed by atoms with van der Waals surface area (Å²) in [4.78, 5) is 12.1.